The van der Waals surface area contributed by atoms with Crippen LogP contribution in [0.15, 0.2) is 23.1 Å². The smallest absolute Gasteiger partial charge is 0.254 e. The highest BCUT2D eigenvalue weighted by molar-refractivity contribution is 7.89. The van der Waals surface area contributed by atoms with Gasteiger partial charge >= 0.3 is 0 Å². The molecule has 7 heteroatoms. The molecule has 0 bridgehead atoms. The lowest BCUT2D eigenvalue weighted by Crippen LogP contribution is -2.44. The number of piperidine rings is 1. The summed E-state index contributed by atoms with van der Waals surface area (Å²) < 4.78 is 24.6. The van der Waals surface area contributed by atoms with Gasteiger partial charge in [-0.3, -0.25) is 0 Å². The SMILES string of the molecule is NCc1ccc(Cl)c(S(=O)(=O)NN2CCCCC2)c1. The Bertz CT molecular complexity index is 542. The molecule has 0 aliphatic carbocycles. The molecule has 0 aromatic heterocycles. The lowest BCUT2D eigenvalue weighted by molar-refractivity contribution is 0.200. The number of sulfonamides is 1. The summed E-state index contributed by atoms with van der Waals surface area (Å²) in [5.41, 5.74) is 6.27. The molecule has 106 valence electrons. The van der Waals surface area contributed by atoms with Gasteiger partial charge in [0.2, 0.25) is 0 Å². The van der Waals surface area contributed by atoms with Gasteiger partial charge in [-0.25, -0.2) is 13.4 Å². The van der Waals surface area contributed by atoms with E-state index in [9.17, 15) is 8.42 Å². The van der Waals surface area contributed by atoms with Crippen LogP contribution in [0, 0.1) is 0 Å². The summed E-state index contributed by atoms with van der Waals surface area (Å²) in [6, 6.07) is 4.81. The highest BCUT2D eigenvalue weighted by Gasteiger charge is 2.22. The monoisotopic (exact) mass is 303 g/mol. The third-order valence-corrected chi connectivity index (χ3v) is 4.98. The summed E-state index contributed by atoms with van der Waals surface area (Å²) >= 11 is 5.98. The van der Waals surface area contributed by atoms with E-state index in [1.165, 1.54) is 6.07 Å². The van der Waals surface area contributed by atoms with Gasteiger partial charge in [0, 0.05) is 19.6 Å². The molecular weight excluding hydrogens is 286 g/mol. The number of hydrogen-bond donors (Lipinski definition) is 2. The second kappa shape index (κ2) is 6.19. The van der Waals surface area contributed by atoms with E-state index >= 15 is 0 Å². The summed E-state index contributed by atoms with van der Waals surface area (Å²) in [6.45, 7) is 1.74. The number of benzene rings is 1. The summed E-state index contributed by atoms with van der Waals surface area (Å²) in [5, 5.41) is 1.94. The van der Waals surface area contributed by atoms with Crippen molar-refractivity contribution < 1.29 is 8.42 Å². The number of nitrogens with zero attached hydrogens (tertiary/aromatic N) is 1. The Kier molecular flexibility index (Phi) is 4.81. The molecule has 1 fully saturated rings. The van der Waals surface area contributed by atoms with Crippen LogP contribution in [-0.2, 0) is 16.6 Å². The Balaban J connectivity index is 2.23. The minimum Gasteiger partial charge on any atom is -0.326 e. The molecule has 19 heavy (non-hydrogen) atoms. The molecule has 1 aromatic rings. The number of rotatable bonds is 4. The first-order chi connectivity index (χ1) is 9.03. The average molecular weight is 304 g/mol. The van der Waals surface area contributed by atoms with Crippen LogP contribution in [0.4, 0.5) is 0 Å². The minimum absolute atomic E-state index is 0.0858. The van der Waals surface area contributed by atoms with Crippen LogP contribution in [0.1, 0.15) is 24.8 Å². The molecule has 0 saturated carbocycles. The normalized spacial score (nSPS) is 17.6. The van der Waals surface area contributed by atoms with Crippen molar-refractivity contribution in [2.24, 2.45) is 5.73 Å². The number of hydrazine groups is 1. The molecule has 1 aromatic carbocycles. The zero-order valence-corrected chi connectivity index (χ0v) is 12.2. The fourth-order valence-electron chi connectivity index (χ4n) is 2.09. The largest absolute Gasteiger partial charge is 0.326 e. The van der Waals surface area contributed by atoms with E-state index in [1.54, 1.807) is 17.1 Å². The van der Waals surface area contributed by atoms with Crippen LogP contribution in [0.25, 0.3) is 0 Å². The summed E-state index contributed by atoms with van der Waals surface area (Å²) in [4.78, 5) is 2.67. The van der Waals surface area contributed by atoms with Crippen LogP contribution >= 0.6 is 11.6 Å². The Morgan fingerprint density at radius 2 is 1.95 bits per heavy atom. The van der Waals surface area contributed by atoms with E-state index in [2.05, 4.69) is 4.83 Å². The second-order valence-electron chi connectivity index (χ2n) is 4.61. The van der Waals surface area contributed by atoms with Gasteiger partial charge in [0.05, 0.1) is 5.02 Å². The van der Waals surface area contributed by atoms with Crippen molar-refractivity contribution in [2.75, 3.05) is 13.1 Å². The molecule has 5 nitrogen and oxygen atoms in total. The van der Waals surface area contributed by atoms with Gasteiger partial charge in [0.25, 0.3) is 10.0 Å². The summed E-state index contributed by atoms with van der Waals surface area (Å²) in [5.74, 6) is 0. The third kappa shape index (κ3) is 3.67. The molecule has 0 atom stereocenters. The number of halogens is 1. The van der Waals surface area contributed by atoms with Gasteiger partial charge in [-0.05, 0) is 30.5 Å². The van der Waals surface area contributed by atoms with Crippen LogP contribution in [0.5, 0.6) is 0 Å². The Morgan fingerprint density at radius 1 is 1.26 bits per heavy atom. The van der Waals surface area contributed by atoms with Gasteiger partial charge in [-0.15, -0.1) is 4.83 Å². The standard InChI is InChI=1S/C12H18ClN3O2S/c13-11-5-4-10(9-14)8-12(11)19(17,18)15-16-6-2-1-3-7-16/h4-5,8,15H,1-3,6-7,9,14H2. The van der Waals surface area contributed by atoms with Crippen molar-refractivity contribution in [3.05, 3.63) is 28.8 Å². The summed E-state index contributed by atoms with van der Waals surface area (Å²) in [7, 11) is -3.63. The van der Waals surface area contributed by atoms with Gasteiger partial charge in [0.15, 0.2) is 0 Å². The Hall–Kier alpha value is -0.660. The van der Waals surface area contributed by atoms with Crippen molar-refractivity contribution in [2.45, 2.75) is 30.7 Å². The Morgan fingerprint density at radius 3 is 2.58 bits per heavy atom. The molecule has 0 unspecified atom stereocenters. The maximum atomic E-state index is 12.3. The first-order valence-corrected chi connectivity index (χ1v) is 8.15. The molecule has 1 saturated heterocycles. The zero-order chi connectivity index (χ0) is 13.9. The van der Waals surface area contributed by atoms with Crippen molar-refractivity contribution in [1.82, 2.24) is 9.84 Å². The van der Waals surface area contributed by atoms with E-state index in [4.69, 9.17) is 17.3 Å². The van der Waals surface area contributed by atoms with E-state index in [0.29, 0.717) is 0 Å². The molecule has 0 radical (unpaired) electrons. The van der Waals surface area contributed by atoms with Crippen molar-refractivity contribution in [3.8, 4) is 0 Å². The maximum Gasteiger partial charge on any atom is 0.254 e. The van der Waals surface area contributed by atoms with Gasteiger partial charge < -0.3 is 5.73 Å². The molecule has 1 aliphatic rings. The highest BCUT2D eigenvalue weighted by atomic mass is 35.5. The van der Waals surface area contributed by atoms with Crippen LogP contribution in [0.3, 0.4) is 0 Å². The predicted octanol–water partition coefficient (Wildman–Crippen LogP) is 1.48. The molecule has 2 rings (SSSR count). The lowest BCUT2D eigenvalue weighted by Gasteiger charge is -2.26. The fourth-order valence-corrected chi connectivity index (χ4v) is 3.76. The van der Waals surface area contributed by atoms with Crippen molar-refractivity contribution in [1.29, 1.82) is 0 Å². The van der Waals surface area contributed by atoms with E-state index < -0.39 is 10.0 Å². The molecule has 3 N–H and O–H groups in total. The van der Waals surface area contributed by atoms with E-state index in [-0.39, 0.29) is 16.5 Å². The highest BCUT2D eigenvalue weighted by Crippen LogP contribution is 2.23. The molecule has 1 aliphatic heterocycles. The minimum atomic E-state index is -3.63. The van der Waals surface area contributed by atoms with Gasteiger partial charge in [-0.1, -0.05) is 24.1 Å². The molecule has 1 heterocycles. The van der Waals surface area contributed by atoms with Crippen molar-refractivity contribution >= 4 is 21.6 Å². The number of nitrogens with two attached hydrogens (primary N) is 1. The van der Waals surface area contributed by atoms with E-state index in [0.717, 1.165) is 37.9 Å². The van der Waals surface area contributed by atoms with Crippen LogP contribution in [0.2, 0.25) is 5.02 Å². The average Bonchev–Trinajstić information content (AvgIpc) is 2.39. The summed E-state index contributed by atoms with van der Waals surface area (Å²) in [6.07, 6.45) is 3.14. The molecular formula is C12H18ClN3O2S. The van der Waals surface area contributed by atoms with Crippen LogP contribution < -0.4 is 10.6 Å². The predicted molar refractivity (Wildman–Crippen MR) is 75.1 cm³/mol. The number of nitrogens with one attached hydrogen (secondary N) is 1. The molecule has 0 amide bonds. The van der Waals surface area contributed by atoms with Crippen LogP contribution in [-0.4, -0.2) is 26.5 Å². The quantitative estimate of drug-likeness (QED) is 0.883. The van der Waals surface area contributed by atoms with E-state index in [1.807, 2.05) is 0 Å². The third-order valence-electron chi connectivity index (χ3n) is 3.13. The first-order valence-electron chi connectivity index (χ1n) is 6.29. The number of hydrogen-bond acceptors (Lipinski definition) is 4. The van der Waals surface area contributed by atoms with Gasteiger partial charge in [0.1, 0.15) is 4.90 Å². The second-order valence-corrected chi connectivity index (χ2v) is 6.65. The first kappa shape index (κ1) is 14.7. The van der Waals surface area contributed by atoms with Crippen molar-refractivity contribution in [3.63, 3.8) is 0 Å². The molecule has 0 spiro atoms. The zero-order valence-electron chi connectivity index (χ0n) is 10.6. The lowest BCUT2D eigenvalue weighted by atomic mass is 10.2. The van der Waals surface area contributed by atoms with Gasteiger partial charge in [-0.2, -0.15) is 0 Å². The topological polar surface area (TPSA) is 75.4 Å². The fraction of sp³-hybridized carbons (Fsp3) is 0.500. The maximum absolute atomic E-state index is 12.3. The Labute approximate surface area is 118 Å².